The number of rotatable bonds is 8. The quantitative estimate of drug-likeness (QED) is 0.617. The first-order valence-corrected chi connectivity index (χ1v) is 9.70. The summed E-state index contributed by atoms with van der Waals surface area (Å²) in [4.78, 5) is 23.8. The number of nitrogens with zero attached hydrogens (tertiary/aromatic N) is 3. The Hall–Kier alpha value is -3.12. The normalized spacial score (nSPS) is 12.1. The highest BCUT2D eigenvalue weighted by atomic mass is 16.3. The fourth-order valence-electron chi connectivity index (χ4n) is 3.30. The zero-order chi connectivity index (χ0) is 20.8. The lowest BCUT2D eigenvalue weighted by molar-refractivity contribution is 0.294. The van der Waals surface area contributed by atoms with Crippen LogP contribution in [0.2, 0.25) is 0 Å². The summed E-state index contributed by atoms with van der Waals surface area (Å²) in [6, 6.07) is 19.1. The molecule has 0 radical (unpaired) electrons. The van der Waals surface area contributed by atoms with E-state index in [9.17, 15) is 9.90 Å². The number of phenols is 1. The van der Waals surface area contributed by atoms with Gasteiger partial charge < -0.3 is 19.9 Å². The van der Waals surface area contributed by atoms with Crippen molar-refractivity contribution in [1.82, 2.24) is 14.9 Å². The second kappa shape index (κ2) is 9.39. The van der Waals surface area contributed by atoms with Gasteiger partial charge in [-0.1, -0.05) is 42.5 Å². The van der Waals surface area contributed by atoms with Gasteiger partial charge >= 0.3 is 0 Å². The zero-order valence-corrected chi connectivity index (χ0v) is 17.2. The van der Waals surface area contributed by atoms with Gasteiger partial charge in [0.15, 0.2) is 0 Å². The fraction of sp³-hybridized carbons (Fsp3) is 0.304. The van der Waals surface area contributed by atoms with Gasteiger partial charge in [0.05, 0.1) is 0 Å². The van der Waals surface area contributed by atoms with Crippen LogP contribution < -0.4 is 10.5 Å². The summed E-state index contributed by atoms with van der Waals surface area (Å²) in [5.74, 6) is 0.838. The smallest absolute Gasteiger partial charge is 0.274 e. The maximum atomic E-state index is 12.2. The van der Waals surface area contributed by atoms with Crippen molar-refractivity contribution in [2.24, 2.45) is 0 Å². The van der Waals surface area contributed by atoms with Gasteiger partial charge in [0.25, 0.3) is 5.56 Å². The number of phenolic OH excluding ortho intramolecular Hbond substituents is 1. The van der Waals surface area contributed by atoms with Crippen LogP contribution in [-0.4, -0.2) is 53.7 Å². The molecule has 1 heterocycles. The van der Waals surface area contributed by atoms with Crippen molar-refractivity contribution in [2.75, 3.05) is 32.6 Å². The standard InChI is InChI=1S/C23H28N4O2/c1-26(2)20(14-18-9-11-21(28)12-10-18)16-27(3)23-24-19(15-22(29)25-23)13-17-7-5-4-6-8-17/h4-12,15,20,28H,13-14,16H2,1-3H3,(H,24,25,29)/t20-/m1/s1. The minimum Gasteiger partial charge on any atom is -0.508 e. The number of aromatic amines is 1. The number of H-pyrrole nitrogens is 1. The third-order valence-electron chi connectivity index (χ3n) is 5.01. The average molecular weight is 393 g/mol. The molecule has 152 valence electrons. The van der Waals surface area contributed by atoms with Crippen molar-refractivity contribution in [3.05, 3.63) is 87.8 Å². The first-order chi connectivity index (χ1) is 13.9. The summed E-state index contributed by atoms with van der Waals surface area (Å²) in [6.07, 6.45) is 1.48. The summed E-state index contributed by atoms with van der Waals surface area (Å²) in [6.45, 7) is 0.700. The van der Waals surface area contributed by atoms with E-state index in [1.807, 2.05) is 68.5 Å². The summed E-state index contributed by atoms with van der Waals surface area (Å²) in [5, 5.41) is 9.49. The second-order valence-electron chi connectivity index (χ2n) is 7.60. The number of aromatic nitrogens is 2. The number of hydrogen-bond acceptors (Lipinski definition) is 5. The Morgan fingerprint density at radius 2 is 1.69 bits per heavy atom. The molecule has 0 bridgehead atoms. The number of nitrogens with one attached hydrogen (secondary N) is 1. The van der Waals surface area contributed by atoms with E-state index in [4.69, 9.17) is 0 Å². The van der Waals surface area contributed by atoms with Gasteiger partial charge in [-0.25, -0.2) is 0 Å². The maximum Gasteiger partial charge on any atom is 0.274 e. The van der Waals surface area contributed by atoms with Crippen molar-refractivity contribution in [1.29, 1.82) is 0 Å². The van der Waals surface area contributed by atoms with Gasteiger partial charge in [-0.15, -0.1) is 0 Å². The lowest BCUT2D eigenvalue weighted by Gasteiger charge is -2.29. The third kappa shape index (κ3) is 5.93. The summed E-state index contributed by atoms with van der Waals surface area (Å²) in [5.41, 5.74) is 2.89. The van der Waals surface area contributed by atoms with Gasteiger partial charge in [-0.2, -0.15) is 4.98 Å². The third-order valence-corrected chi connectivity index (χ3v) is 5.01. The molecule has 6 heteroatoms. The van der Waals surface area contributed by atoms with Gasteiger partial charge in [-0.05, 0) is 43.8 Å². The predicted octanol–water partition coefficient (Wildman–Crippen LogP) is 2.68. The van der Waals surface area contributed by atoms with E-state index in [1.54, 1.807) is 18.2 Å². The molecule has 1 aromatic heterocycles. The Kier molecular flexibility index (Phi) is 6.67. The minimum absolute atomic E-state index is 0.215. The zero-order valence-electron chi connectivity index (χ0n) is 17.2. The molecule has 6 nitrogen and oxygen atoms in total. The van der Waals surface area contributed by atoms with Crippen molar-refractivity contribution in [3.63, 3.8) is 0 Å². The molecule has 0 fully saturated rings. The molecule has 0 amide bonds. The van der Waals surface area contributed by atoms with E-state index in [-0.39, 0.29) is 17.4 Å². The molecule has 2 N–H and O–H groups in total. The number of anilines is 1. The van der Waals surface area contributed by atoms with E-state index in [0.717, 1.165) is 23.2 Å². The topological polar surface area (TPSA) is 72.5 Å². The van der Waals surface area contributed by atoms with Crippen LogP contribution in [0.4, 0.5) is 5.95 Å². The lowest BCUT2D eigenvalue weighted by atomic mass is 10.0. The molecule has 0 unspecified atom stereocenters. The Bertz CT molecular complexity index is 968. The Labute approximate surface area is 171 Å². The molecule has 0 saturated heterocycles. The van der Waals surface area contributed by atoms with Crippen LogP contribution in [-0.2, 0) is 12.8 Å². The monoisotopic (exact) mass is 392 g/mol. The van der Waals surface area contributed by atoms with Gasteiger partial charge in [0.2, 0.25) is 5.95 Å². The van der Waals surface area contributed by atoms with Gasteiger partial charge in [-0.3, -0.25) is 4.79 Å². The van der Waals surface area contributed by atoms with Crippen LogP contribution in [0.25, 0.3) is 0 Å². The molecular formula is C23H28N4O2. The van der Waals surface area contributed by atoms with Crippen LogP contribution in [0.3, 0.4) is 0 Å². The molecule has 0 spiro atoms. The highest BCUT2D eigenvalue weighted by molar-refractivity contribution is 5.32. The maximum absolute atomic E-state index is 12.2. The highest BCUT2D eigenvalue weighted by Crippen LogP contribution is 2.15. The van der Waals surface area contributed by atoms with Gasteiger partial charge in [0.1, 0.15) is 5.75 Å². The molecule has 0 aliphatic carbocycles. The summed E-state index contributed by atoms with van der Waals surface area (Å²) >= 11 is 0. The lowest BCUT2D eigenvalue weighted by Crippen LogP contribution is -2.41. The van der Waals surface area contributed by atoms with Crippen LogP contribution in [0.5, 0.6) is 5.75 Å². The Morgan fingerprint density at radius 3 is 2.34 bits per heavy atom. The number of benzene rings is 2. The number of aromatic hydroxyl groups is 1. The first kappa shape index (κ1) is 20.6. The largest absolute Gasteiger partial charge is 0.508 e. The predicted molar refractivity (Wildman–Crippen MR) is 117 cm³/mol. The Morgan fingerprint density at radius 1 is 1.00 bits per heavy atom. The van der Waals surface area contributed by atoms with Crippen molar-refractivity contribution in [2.45, 2.75) is 18.9 Å². The molecule has 3 aromatic rings. The van der Waals surface area contributed by atoms with E-state index >= 15 is 0 Å². The molecule has 3 rings (SSSR count). The highest BCUT2D eigenvalue weighted by Gasteiger charge is 2.17. The molecule has 29 heavy (non-hydrogen) atoms. The molecule has 2 aromatic carbocycles. The molecular weight excluding hydrogens is 364 g/mol. The molecule has 0 aliphatic heterocycles. The fourth-order valence-corrected chi connectivity index (χ4v) is 3.30. The van der Waals surface area contributed by atoms with E-state index in [0.29, 0.717) is 18.9 Å². The van der Waals surface area contributed by atoms with Crippen LogP contribution in [0.1, 0.15) is 16.8 Å². The average Bonchev–Trinajstić information content (AvgIpc) is 2.69. The molecule has 1 atom stereocenters. The number of hydrogen-bond donors (Lipinski definition) is 2. The Balaban J connectivity index is 1.74. The van der Waals surface area contributed by atoms with E-state index in [2.05, 4.69) is 14.9 Å². The second-order valence-corrected chi connectivity index (χ2v) is 7.60. The van der Waals surface area contributed by atoms with Crippen LogP contribution >= 0.6 is 0 Å². The SMILES string of the molecule is CN(C[C@@H](Cc1ccc(O)cc1)N(C)C)c1nc(=O)cc(Cc2ccccc2)[nH]1. The van der Waals surface area contributed by atoms with Crippen LogP contribution in [0.15, 0.2) is 65.5 Å². The summed E-state index contributed by atoms with van der Waals surface area (Å²) < 4.78 is 0. The van der Waals surface area contributed by atoms with Crippen molar-refractivity contribution in [3.8, 4) is 5.75 Å². The molecule has 0 saturated carbocycles. The van der Waals surface area contributed by atoms with Crippen molar-refractivity contribution >= 4 is 5.95 Å². The van der Waals surface area contributed by atoms with Crippen molar-refractivity contribution < 1.29 is 5.11 Å². The van der Waals surface area contributed by atoms with E-state index in [1.165, 1.54) is 0 Å². The van der Waals surface area contributed by atoms with E-state index < -0.39 is 0 Å². The van der Waals surface area contributed by atoms with Crippen LogP contribution in [0, 0.1) is 0 Å². The minimum atomic E-state index is -0.239. The summed E-state index contributed by atoms with van der Waals surface area (Å²) in [7, 11) is 6.03. The van der Waals surface area contributed by atoms with Gasteiger partial charge in [0, 0.05) is 37.8 Å². The first-order valence-electron chi connectivity index (χ1n) is 9.70. The molecule has 0 aliphatic rings. The number of likely N-dealkylation sites (N-methyl/N-ethyl adjacent to an activating group) is 2.